The number of amides is 1. The first-order chi connectivity index (χ1) is 10.6. The Bertz CT molecular complexity index is 525. The van der Waals surface area contributed by atoms with E-state index in [1.807, 2.05) is 74.5 Å². The van der Waals surface area contributed by atoms with Crippen LogP contribution in [0, 0.1) is 5.92 Å². The van der Waals surface area contributed by atoms with Gasteiger partial charge in [-0.1, -0.05) is 74.5 Å². The molecule has 2 aromatic rings. The first-order valence-electron chi connectivity index (χ1n) is 7.64. The molecule has 0 N–H and O–H groups in total. The number of carbonyl (C=O) groups excluding carboxylic acids is 1. The molecular weight excluding hydrogens is 274 g/mol. The van der Waals surface area contributed by atoms with Gasteiger partial charge in [-0.05, 0) is 17.0 Å². The van der Waals surface area contributed by atoms with Crippen molar-refractivity contribution >= 4 is 6.09 Å². The molecule has 0 aromatic heterocycles. The molecule has 0 aliphatic carbocycles. The molecule has 0 aliphatic rings. The number of carbonyl (C=O) groups is 1. The van der Waals surface area contributed by atoms with Gasteiger partial charge in [-0.25, -0.2) is 4.79 Å². The van der Waals surface area contributed by atoms with Crippen molar-refractivity contribution in [3.8, 4) is 0 Å². The van der Waals surface area contributed by atoms with Crippen LogP contribution in [0.2, 0.25) is 0 Å². The van der Waals surface area contributed by atoms with Crippen molar-refractivity contribution in [1.82, 2.24) is 4.90 Å². The van der Waals surface area contributed by atoms with E-state index in [0.29, 0.717) is 25.6 Å². The van der Waals surface area contributed by atoms with Crippen LogP contribution in [0.4, 0.5) is 4.79 Å². The maximum atomic E-state index is 12.4. The highest BCUT2D eigenvalue weighted by Gasteiger charge is 2.16. The average molecular weight is 297 g/mol. The maximum absolute atomic E-state index is 12.4. The Morgan fingerprint density at radius 2 is 1.36 bits per heavy atom. The summed E-state index contributed by atoms with van der Waals surface area (Å²) in [6.45, 7) is 5.61. The fraction of sp³-hybridized carbons (Fsp3) is 0.316. The highest BCUT2D eigenvalue weighted by molar-refractivity contribution is 5.67. The molecule has 0 aliphatic heterocycles. The van der Waals surface area contributed by atoms with E-state index in [1.54, 1.807) is 4.90 Å². The van der Waals surface area contributed by atoms with E-state index in [1.165, 1.54) is 0 Å². The predicted octanol–water partition coefficient (Wildman–Crippen LogP) is 4.48. The molecule has 0 radical (unpaired) electrons. The van der Waals surface area contributed by atoms with Crippen LogP contribution in [0.15, 0.2) is 60.7 Å². The van der Waals surface area contributed by atoms with Gasteiger partial charge >= 0.3 is 6.09 Å². The Morgan fingerprint density at radius 1 is 0.909 bits per heavy atom. The zero-order chi connectivity index (χ0) is 15.8. The summed E-state index contributed by atoms with van der Waals surface area (Å²) >= 11 is 0. The van der Waals surface area contributed by atoms with E-state index in [0.717, 1.165) is 11.1 Å². The molecule has 0 atom stereocenters. The second-order valence-corrected chi connectivity index (χ2v) is 5.80. The van der Waals surface area contributed by atoms with Crippen molar-refractivity contribution in [2.75, 3.05) is 6.61 Å². The summed E-state index contributed by atoms with van der Waals surface area (Å²) < 4.78 is 5.40. The quantitative estimate of drug-likeness (QED) is 0.786. The molecule has 1 amide bonds. The van der Waals surface area contributed by atoms with Crippen LogP contribution in [0.5, 0.6) is 0 Å². The normalized spacial score (nSPS) is 10.5. The minimum atomic E-state index is -0.263. The molecule has 2 rings (SSSR count). The summed E-state index contributed by atoms with van der Waals surface area (Å²) in [6.07, 6.45) is -0.263. The maximum Gasteiger partial charge on any atom is 0.410 e. The van der Waals surface area contributed by atoms with E-state index in [4.69, 9.17) is 4.74 Å². The lowest BCUT2D eigenvalue weighted by atomic mass is 10.2. The van der Waals surface area contributed by atoms with Crippen LogP contribution >= 0.6 is 0 Å². The molecule has 0 saturated carbocycles. The van der Waals surface area contributed by atoms with Crippen LogP contribution in [0.3, 0.4) is 0 Å². The van der Waals surface area contributed by atoms with Crippen molar-refractivity contribution in [3.63, 3.8) is 0 Å². The van der Waals surface area contributed by atoms with Gasteiger partial charge in [0, 0.05) is 13.1 Å². The lowest BCUT2D eigenvalue weighted by molar-refractivity contribution is 0.0871. The number of ether oxygens (including phenoxy) is 1. The Kier molecular flexibility index (Phi) is 6.01. The standard InChI is InChI=1S/C19H23NO2/c1-16(2)15-22-19(21)20(13-17-9-5-3-6-10-17)14-18-11-7-4-8-12-18/h3-12,16H,13-15H2,1-2H3. The summed E-state index contributed by atoms with van der Waals surface area (Å²) in [5.74, 6) is 0.333. The molecule has 3 heteroatoms. The highest BCUT2D eigenvalue weighted by Crippen LogP contribution is 2.12. The molecule has 0 saturated heterocycles. The van der Waals surface area contributed by atoms with Crippen LogP contribution in [-0.2, 0) is 17.8 Å². The summed E-state index contributed by atoms with van der Waals surface area (Å²) in [5.41, 5.74) is 2.19. The molecule has 0 bridgehead atoms. The fourth-order valence-electron chi connectivity index (χ4n) is 2.12. The molecule has 22 heavy (non-hydrogen) atoms. The van der Waals surface area contributed by atoms with Crippen LogP contribution < -0.4 is 0 Å². The van der Waals surface area contributed by atoms with Gasteiger partial charge in [0.1, 0.15) is 0 Å². The number of rotatable bonds is 6. The van der Waals surface area contributed by atoms with Gasteiger partial charge < -0.3 is 4.74 Å². The largest absolute Gasteiger partial charge is 0.449 e. The molecule has 2 aromatic carbocycles. The lowest BCUT2D eigenvalue weighted by Gasteiger charge is -2.23. The second-order valence-electron chi connectivity index (χ2n) is 5.80. The first-order valence-corrected chi connectivity index (χ1v) is 7.64. The summed E-state index contributed by atoms with van der Waals surface area (Å²) in [4.78, 5) is 14.1. The molecule has 116 valence electrons. The van der Waals surface area contributed by atoms with Crippen LogP contribution in [-0.4, -0.2) is 17.6 Å². The number of hydrogen-bond acceptors (Lipinski definition) is 2. The zero-order valence-electron chi connectivity index (χ0n) is 13.2. The molecule has 0 unspecified atom stereocenters. The van der Waals surface area contributed by atoms with E-state index in [-0.39, 0.29) is 6.09 Å². The third-order valence-corrected chi connectivity index (χ3v) is 3.23. The SMILES string of the molecule is CC(C)COC(=O)N(Cc1ccccc1)Cc1ccccc1. The minimum Gasteiger partial charge on any atom is -0.449 e. The van der Waals surface area contributed by atoms with Crippen LogP contribution in [0.1, 0.15) is 25.0 Å². The third kappa shape index (κ3) is 5.24. The molecule has 0 spiro atoms. The number of nitrogens with zero attached hydrogens (tertiary/aromatic N) is 1. The smallest absolute Gasteiger partial charge is 0.410 e. The Hall–Kier alpha value is -2.29. The topological polar surface area (TPSA) is 29.5 Å². The Balaban J connectivity index is 2.07. The minimum absolute atomic E-state index is 0.263. The van der Waals surface area contributed by atoms with E-state index < -0.39 is 0 Å². The van der Waals surface area contributed by atoms with Gasteiger partial charge in [0.2, 0.25) is 0 Å². The van der Waals surface area contributed by atoms with Gasteiger partial charge in [0.25, 0.3) is 0 Å². The highest BCUT2D eigenvalue weighted by atomic mass is 16.6. The van der Waals surface area contributed by atoms with E-state index >= 15 is 0 Å². The second kappa shape index (κ2) is 8.23. The summed E-state index contributed by atoms with van der Waals surface area (Å²) in [7, 11) is 0. The Labute approximate surface area is 132 Å². The predicted molar refractivity (Wildman–Crippen MR) is 88.3 cm³/mol. The van der Waals surface area contributed by atoms with Gasteiger partial charge in [0.05, 0.1) is 6.61 Å². The third-order valence-electron chi connectivity index (χ3n) is 3.23. The van der Waals surface area contributed by atoms with Crippen molar-refractivity contribution in [1.29, 1.82) is 0 Å². The molecular formula is C19H23NO2. The zero-order valence-corrected chi connectivity index (χ0v) is 13.2. The van der Waals surface area contributed by atoms with Crippen LogP contribution in [0.25, 0.3) is 0 Å². The number of benzene rings is 2. The van der Waals surface area contributed by atoms with Gasteiger partial charge in [-0.3, -0.25) is 4.90 Å². The van der Waals surface area contributed by atoms with Crippen molar-refractivity contribution in [3.05, 3.63) is 71.8 Å². The van der Waals surface area contributed by atoms with E-state index in [2.05, 4.69) is 0 Å². The van der Waals surface area contributed by atoms with Gasteiger partial charge in [-0.15, -0.1) is 0 Å². The summed E-state index contributed by atoms with van der Waals surface area (Å²) in [6, 6.07) is 20.0. The molecule has 3 nitrogen and oxygen atoms in total. The molecule has 0 heterocycles. The first kappa shape index (κ1) is 16.1. The van der Waals surface area contributed by atoms with Crippen molar-refractivity contribution < 1.29 is 9.53 Å². The average Bonchev–Trinajstić information content (AvgIpc) is 2.54. The summed E-state index contributed by atoms with van der Waals surface area (Å²) in [5, 5.41) is 0. The van der Waals surface area contributed by atoms with Crippen molar-refractivity contribution in [2.24, 2.45) is 5.92 Å². The fourth-order valence-corrected chi connectivity index (χ4v) is 2.12. The van der Waals surface area contributed by atoms with Gasteiger partial charge in [-0.2, -0.15) is 0 Å². The lowest BCUT2D eigenvalue weighted by Crippen LogP contribution is -2.31. The van der Waals surface area contributed by atoms with Gasteiger partial charge in [0.15, 0.2) is 0 Å². The molecule has 0 fully saturated rings. The van der Waals surface area contributed by atoms with Crippen molar-refractivity contribution in [2.45, 2.75) is 26.9 Å². The number of hydrogen-bond donors (Lipinski definition) is 0. The monoisotopic (exact) mass is 297 g/mol. The Morgan fingerprint density at radius 3 is 1.77 bits per heavy atom. The van der Waals surface area contributed by atoms with E-state index in [9.17, 15) is 4.79 Å².